The zero-order valence-corrected chi connectivity index (χ0v) is 7.07. The van der Waals surface area contributed by atoms with Crippen LogP contribution in [0.25, 0.3) is 0 Å². The van der Waals surface area contributed by atoms with Crippen LogP contribution in [0.4, 0.5) is 0 Å². The summed E-state index contributed by atoms with van der Waals surface area (Å²) in [5.41, 5.74) is 0. The minimum Gasteiger partial charge on any atom is -0.0864 e. The van der Waals surface area contributed by atoms with Gasteiger partial charge >= 0.3 is 0 Å². The number of halogens is 1. The van der Waals surface area contributed by atoms with Crippen molar-refractivity contribution in [2.45, 2.75) is 13.3 Å². The maximum Gasteiger partial charge on any atom is 0 e. The van der Waals surface area contributed by atoms with Crippen LogP contribution in [0.3, 0.4) is 0 Å². The molecule has 28 valence electrons. The second kappa shape index (κ2) is 9.09. The van der Waals surface area contributed by atoms with E-state index in [4.69, 9.17) is 0 Å². The minimum atomic E-state index is 0. The highest BCUT2D eigenvalue weighted by molar-refractivity contribution is 14.1. The first-order chi connectivity index (χ1) is 1.91. The fourth-order valence-electron chi connectivity index (χ4n) is 0. The van der Waals surface area contributed by atoms with E-state index in [-0.39, 0.29) is 23.1 Å². The molecule has 0 saturated heterocycles. The molecule has 0 N–H and O–H groups in total. The summed E-state index contributed by atoms with van der Waals surface area (Å²) in [5, 5.41) is 0. The van der Waals surface area contributed by atoms with Crippen LogP contribution >= 0.6 is 22.6 Å². The highest BCUT2D eigenvalue weighted by atomic mass is 127. The summed E-state index contributed by atoms with van der Waals surface area (Å²) in [7, 11) is 0. The van der Waals surface area contributed by atoms with Crippen molar-refractivity contribution in [3.8, 4) is 0 Å². The molecule has 0 aliphatic rings. The monoisotopic (exact) mass is 194 g/mol. The van der Waals surface area contributed by atoms with Crippen LogP contribution < -0.4 is 0 Å². The van der Waals surface area contributed by atoms with Gasteiger partial charge in [0, 0.05) is 23.1 Å². The molecule has 0 bridgehead atoms. The third-order valence-corrected chi connectivity index (χ3v) is 1.27. The molecule has 5 heavy (non-hydrogen) atoms. The van der Waals surface area contributed by atoms with Crippen molar-refractivity contribution in [2.24, 2.45) is 0 Å². The van der Waals surface area contributed by atoms with Gasteiger partial charge in [0.2, 0.25) is 0 Å². The third kappa shape index (κ3) is 10.8. The van der Waals surface area contributed by atoms with E-state index in [1.54, 1.807) is 0 Å². The highest BCUT2D eigenvalue weighted by Crippen LogP contribution is 1.81. The van der Waals surface area contributed by atoms with Gasteiger partial charge in [-0.1, -0.05) is 29.5 Å². The summed E-state index contributed by atoms with van der Waals surface area (Å²) in [6, 6.07) is 0. The van der Waals surface area contributed by atoms with E-state index < -0.39 is 0 Å². The molecule has 2 heteroatoms. The first kappa shape index (κ1) is 9.71. The zero-order valence-electron chi connectivity index (χ0n) is 3.50. The van der Waals surface area contributed by atoms with Crippen molar-refractivity contribution in [2.75, 3.05) is 4.43 Å². The van der Waals surface area contributed by atoms with Gasteiger partial charge in [-0.05, 0) is 10.8 Å². The molecule has 0 fully saturated rings. The van der Waals surface area contributed by atoms with E-state index in [2.05, 4.69) is 29.5 Å². The summed E-state index contributed by atoms with van der Waals surface area (Å²) in [4.78, 5) is 0. The van der Waals surface area contributed by atoms with Crippen LogP contribution in [0.2, 0.25) is 0 Å². The molecule has 0 aromatic carbocycles. The minimum absolute atomic E-state index is 0. The van der Waals surface area contributed by atoms with E-state index in [0.717, 1.165) is 0 Å². The molecule has 0 aromatic rings. The van der Waals surface area contributed by atoms with E-state index in [0.29, 0.717) is 0 Å². The normalized spacial score (nSPS) is 6.00. The second-order valence-electron chi connectivity index (χ2n) is 0.689. The molecule has 0 unspecified atom stereocenters. The second-order valence-corrected chi connectivity index (χ2v) is 1.77. The maximum atomic E-state index is 2.35. The topological polar surface area (TPSA) is 0 Å². The molecule has 0 amide bonds. The lowest BCUT2D eigenvalue weighted by Crippen LogP contribution is -1.54. The van der Waals surface area contributed by atoms with Crippen LogP contribution in [0, 0.1) is 0 Å². The molecule has 0 rings (SSSR count). The van der Waals surface area contributed by atoms with E-state index in [1.165, 1.54) is 10.8 Å². The van der Waals surface area contributed by atoms with Gasteiger partial charge in [-0.2, -0.15) is 0 Å². The SMILES string of the molecule is CCCI.[Mg]. The Balaban J connectivity index is 0. The number of hydrogen-bond acceptors (Lipinski definition) is 0. The van der Waals surface area contributed by atoms with Gasteiger partial charge in [-0.25, -0.2) is 0 Å². The van der Waals surface area contributed by atoms with E-state index in [9.17, 15) is 0 Å². The van der Waals surface area contributed by atoms with Crippen molar-refractivity contribution < 1.29 is 0 Å². The number of rotatable bonds is 1. The zero-order chi connectivity index (χ0) is 3.41. The smallest absolute Gasteiger partial charge is 0 e. The van der Waals surface area contributed by atoms with Gasteiger partial charge in [-0.15, -0.1) is 0 Å². The Morgan fingerprint density at radius 3 is 1.80 bits per heavy atom. The van der Waals surface area contributed by atoms with Crippen LogP contribution in [-0.4, -0.2) is 27.5 Å². The van der Waals surface area contributed by atoms with Gasteiger partial charge < -0.3 is 0 Å². The fourth-order valence-corrected chi connectivity index (χ4v) is 0. The summed E-state index contributed by atoms with van der Waals surface area (Å²) in [6.07, 6.45) is 1.31. The summed E-state index contributed by atoms with van der Waals surface area (Å²) < 4.78 is 1.29. The maximum absolute atomic E-state index is 2.35. The van der Waals surface area contributed by atoms with Crippen molar-refractivity contribution in [3.05, 3.63) is 0 Å². The Hall–Kier alpha value is 1.50. The van der Waals surface area contributed by atoms with Gasteiger partial charge in [0.15, 0.2) is 0 Å². The van der Waals surface area contributed by atoms with E-state index in [1.807, 2.05) is 0 Å². The lowest BCUT2D eigenvalue weighted by molar-refractivity contribution is 1.13. The highest BCUT2D eigenvalue weighted by Gasteiger charge is 1.58. The number of hydrogen-bond donors (Lipinski definition) is 0. The van der Waals surface area contributed by atoms with Gasteiger partial charge in [0.25, 0.3) is 0 Å². The molecular formula is C3H7IMg. The predicted octanol–water partition coefficient (Wildman–Crippen LogP) is 1.45. The molecule has 0 saturated carbocycles. The fraction of sp³-hybridized carbons (Fsp3) is 1.00. The van der Waals surface area contributed by atoms with Crippen LogP contribution in [0.5, 0.6) is 0 Å². The van der Waals surface area contributed by atoms with Crippen molar-refractivity contribution in [1.82, 2.24) is 0 Å². The Kier molecular flexibility index (Phi) is 17.6. The van der Waals surface area contributed by atoms with Crippen molar-refractivity contribution >= 4 is 45.6 Å². The van der Waals surface area contributed by atoms with E-state index >= 15 is 0 Å². The van der Waals surface area contributed by atoms with Gasteiger partial charge in [-0.3, -0.25) is 0 Å². The Morgan fingerprint density at radius 2 is 1.80 bits per heavy atom. The summed E-state index contributed by atoms with van der Waals surface area (Å²) >= 11 is 2.35. The average Bonchev–Trinajstić information content (AvgIpc) is 1.37. The van der Waals surface area contributed by atoms with Crippen molar-refractivity contribution in [3.63, 3.8) is 0 Å². The largest absolute Gasteiger partial charge is 0.0864 e. The molecule has 0 aliphatic heterocycles. The molecule has 0 spiro atoms. The predicted molar refractivity (Wildman–Crippen MR) is 34.9 cm³/mol. The quantitative estimate of drug-likeness (QED) is 0.337. The van der Waals surface area contributed by atoms with Crippen molar-refractivity contribution in [1.29, 1.82) is 0 Å². The molecule has 0 aromatic heterocycles. The standard InChI is InChI=1S/C3H7I.Mg/c1-2-3-4;/h2-3H2,1H3;. The van der Waals surface area contributed by atoms with Crippen LogP contribution in [0.1, 0.15) is 13.3 Å². The van der Waals surface area contributed by atoms with Gasteiger partial charge in [0.05, 0.1) is 0 Å². The Bertz CT molecular complexity index is 8.85. The lowest BCUT2D eigenvalue weighted by Gasteiger charge is -1.66. The first-order valence-corrected chi connectivity index (χ1v) is 3.00. The lowest BCUT2D eigenvalue weighted by atomic mass is 10.6. The summed E-state index contributed by atoms with van der Waals surface area (Å²) in [5.74, 6) is 0. The van der Waals surface area contributed by atoms with Crippen LogP contribution in [-0.2, 0) is 0 Å². The molecule has 0 atom stereocenters. The van der Waals surface area contributed by atoms with Crippen LogP contribution in [0.15, 0.2) is 0 Å². The Labute approximate surface area is 63.0 Å². The third-order valence-electron chi connectivity index (χ3n) is 0.189. The molecule has 0 aliphatic carbocycles. The first-order valence-electron chi connectivity index (χ1n) is 1.47. The summed E-state index contributed by atoms with van der Waals surface area (Å²) in [6.45, 7) is 2.17. The average molecular weight is 194 g/mol. The number of alkyl halides is 1. The molecule has 0 heterocycles. The molecule has 2 radical (unpaired) electrons. The molecular weight excluding hydrogens is 187 g/mol. The Morgan fingerprint density at radius 1 is 1.60 bits per heavy atom. The van der Waals surface area contributed by atoms with Gasteiger partial charge in [0.1, 0.15) is 0 Å². The molecule has 0 nitrogen and oxygen atoms in total.